The van der Waals surface area contributed by atoms with Crippen LogP contribution in [-0.2, 0) is 14.3 Å². The van der Waals surface area contributed by atoms with E-state index in [9.17, 15) is 4.79 Å². The highest BCUT2D eigenvalue weighted by atomic mass is 16.7. The Hall–Kier alpha value is -0.830. The third-order valence-electron chi connectivity index (χ3n) is 4.76. The molecule has 2 atom stereocenters. The normalized spacial score (nSPS) is 24.5. The molecule has 1 saturated heterocycles. The third-order valence-corrected chi connectivity index (χ3v) is 4.76. The number of carbonyl (C=O) groups is 1. The second-order valence-electron chi connectivity index (χ2n) is 6.97. The minimum Gasteiger partial charge on any atom is -0.433 e. The van der Waals surface area contributed by atoms with Crippen LogP contribution in [-0.4, -0.2) is 18.9 Å². The monoisotopic (exact) mass is 324 g/mol. The number of carbonyl (C=O) groups excluding carboxylic acids is 1. The molecule has 23 heavy (non-hydrogen) atoms. The molecule has 1 aliphatic heterocycles. The first-order chi connectivity index (χ1) is 11.1. The van der Waals surface area contributed by atoms with Gasteiger partial charge in [0.05, 0.1) is 5.92 Å². The second-order valence-corrected chi connectivity index (χ2v) is 6.97. The fourth-order valence-corrected chi connectivity index (χ4v) is 3.13. The van der Waals surface area contributed by atoms with Crippen LogP contribution in [0.2, 0.25) is 0 Å². The standard InChI is InChI=1S/C20H36O3/c1-4-5-6-7-8-9-10-11-12-13-14-15-16-18-17-20(2,22-3)23-19(18)21/h7-8,18H,4-6,9-17H2,1-3H3. The van der Waals surface area contributed by atoms with Crippen LogP contribution in [0.25, 0.3) is 0 Å². The van der Waals surface area contributed by atoms with Gasteiger partial charge in [-0.25, -0.2) is 0 Å². The fourth-order valence-electron chi connectivity index (χ4n) is 3.13. The van der Waals surface area contributed by atoms with Crippen LogP contribution in [0.3, 0.4) is 0 Å². The Labute approximate surface area is 142 Å². The van der Waals surface area contributed by atoms with Crippen molar-refractivity contribution in [1.29, 1.82) is 0 Å². The maximum absolute atomic E-state index is 11.8. The van der Waals surface area contributed by atoms with Crippen molar-refractivity contribution in [3.8, 4) is 0 Å². The lowest BCUT2D eigenvalue weighted by Crippen LogP contribution is -2.25. The van der Waals surface area contributed by atoms with Gasteiger partial charge in [0.15, 0.2) is 0 Å². The van der Waals surface area contributed by atoms with Crippen molar-refractivity contribution in [3.05, 3.63) is 12.2 Å². The summed E-state index contributed by atoms with van der Waals surface area (Å²) in [5, 5.41) is 0. The predicted molar refractivity (Wildman–Crippen MR) is 95.2 cm³/mol. The Balaban J connectivity index is 1.92. The summed E-state index contributed by atoms with van der Waals surface area (Å²) in [5.41, 5.74) is 0. The molecule has 134 valence electrons. The van der Waals surface area contributed by atoms with Gasteiger partial charge in [-0.05, 0) is 25.7 Å². The molecule has 1 heterocycles. The summed E-state index contributed by atoms with van der Waals surface area (Å²) in [7, 11) is 1.61. The highest BCUT2D eigenvalue weighted by molar-refractivity contribution is 5.74. The molecular formula is C20H36O3. The lowest BCUT2D eigenvalue weighted by atomic mass is 9.96. The van der Waals surface area contributed by atoms with E-state index in [1.54, 1.807) is 7.11 Å². The van der Waals surface area contributed by atoms with E-state index in [1.807, 2.05) is 6.92 Å². The van der Waals surface area contributed by atoms with Gasteiger partial charge in [-0.1, -0.05) is 64.0 Å². The molecule has 0 aromatic heterocycles. The van der Waals surface area contributed by atoms with Crippen molar-refractivity contribution in [2.75, 3.05) is 7.11 Å². The summed E-state index contributed by atoms with van der Waals surface area (Å²) >= 11 is 0. The van der Waals surface area contributed by atoms with Crippen molar-refractivity contribution in [3.63, 3.8) is 0 Å². The number of rotatable bonds is 13. The molecule has 0 aromatic carbocycles. The van der Waals surface area contributed by atoms with E-state index in [4.69, 9.17) is 9.47 Å². The van der Waals surface area contributed by atoms with Gasteiger partial charge in [-0.2, -0.15) is 0 Å². The van der Waals surface area contributed by atoms with Crippen molar-refractivity contribution in [1.82, 2.24) is 0 Å². The number of hydrogen-bond donors (Lipinski definition) is 0. The highest BCUT2D eigenvalue weighted by Crippen LogP contribution is 2.34. The minimum atomic E-state index is -0.688. The van der Waals surface area contributed by atoms with Crippen molar-refractivity contribution in [2.45, 2.75) is 96.7 Å². The Kier molecular flexibility index (Phi) is 10.3. The van der Waals surface area contributed by atoms with Gasteiger partial charge in [0, 0.05) is 20.5 Å². The molecule has 0 bridgehead atoms. The first-order valence-corrected chi connectivity index (χ1v) is 9.54. The quantitative estimate of drug-likeness (QED) is 0.245. The zero-order valence-corrected chi connectivity index (χ0v) is 15.4. The third kappa shape index (κ3) is 8.55. The van der Waals surface area contributed by atoms with Crippen LogP contribution < -0.4 is 0 Å². The Morgan fingerprint density at radius 2 is 1.70 bits per heavy atom. The molecule has 0 aromatic rings. The molecule has 1 aliphatic rings. The summed E-state index contributed by atoms with van der Waals surface area (Å²) in [6.07, 6.45) is 19.0. The largest absolute Gasteiger partial charge is 0.433 e. The molecule has 1 fully saturated rings. The zero-order chi connectivity index (χ0) is 17.0. The number of cyclic esters (lactones) is 1. The molecular weight excluding hydrogens is 288 g/mol. The fraction of sp³-hybridized carbons (Fsp3) is 0.850. The smallest absolute Gasteiger partial charge is 0.311 e. The molecule has 0 aliphatic carbocycles. The molecule has 3 heteroatoms. The van der Waals surface area contributed by atoms with Gasteiger partial charge in [0.25, 0.3) is 0 Å². The molecule has 1 rings (SSSR count). The summed E-state index contributed by atoms with van der Waals surface area (Å²) in [5.74, 6) is -0.732. The number of allylic oxidation sites excluding steroid dienone is 2. The molecule has 0 radical (unpaired) electrons. The lowest BCUT2D eigenvalue weighted by molar-refractivity contribution is -0.192. The van der Waals surface area contributed by atoms with Gasteiger partial charge >= 0.3 is 5.97 Å². The Morgan fingerprint density at radius 1 is 1.09 bits per heavy atom. The number of hydrogen-bond acceptors (Lipinski definition) is 3. The molecule has 3 nitrogen and oxygen atoms in total. The predicted octanol–water partition coefficient (Wildman–Crippen LogP) is 5.78. The van der Waals surface area contributed by atoms with Crippen molar-refractivity contribution in [2.24, 2.45) is 5.92 Å². The van der Waals surface area contributed by atoms with E-state index < -0.39 is 5.79 Å². The number of unbranched alkanes of at least 4 members (excludes halogenated alkanes) is 8. The molecule has 0 N–H and O–H groups in total. The van der Waals surface area contributed by atoms with Crippen LogP contribution in [0.15, 0.2) is 12.2 Å². The van der Waals surface area contributed by atoms with E-state index in [0.29, 0.717) is 6.42 Å². The molecule has 2 unspecified atom stereocenters. The van der Waals surface area contributed by atoms with Crippen LogP contribution >= 0.6 is 0 Å². The van der Waals surface area contributed by atoms with E-state index in [0.717, 1.165) is 12.8 Å². The van der Waals surface area contributed by atoms with E-state index in [1.165, 1.54) is 57.8 Å². The lowest BCUT2D eigenvalue weighted by Gasteiger charge is -2.19. The second kappa shape index (κ2) is 11.7. The van der Waals surface area contributed by atoms with Gasteiger partial charge < -0.3 is 9.47 Å². The van der Waals surface area contributed by atoms with Crippen molar-refractivity contribution < 1.29 is 14.3 Å². The van der Waals surface area contributed by atoms with Crippen LogP contribution in [0.1, 0.15) is 90.9 Å². The Bertz CT molecular complexity index is 351. The maximum atomic E-state index is 11.8. The Morgan fingerprint density at radius 3 is 2.30 bits per heavy atom. The minimum absolute atomic E-state index is 0.0354. The number of ether oxygens (including phenoxy) is 2. The first kappa shape index (κ1) is 20.2. The van der Waals surface area contributed by atoms with E-state index in [2.05, 4.69) is 19.1 Å². The van der Waals surface area contributed by atoms with Gasteiger partial charge in [-0.15, -0.1) is 0 Å². The topological polar surface area (TPSA) is 35.5 Å². The van der Waals surface area contributed by atoms with Crippen LogP contribution in [0.5, 0.6) is 0 Å². The highest BCUT2D eigenvalue weighted by Gasteiger charge is 2.43. The first-order valence-electron chi connectivity index (χ1n) is 9.54. The van der Waals surface area contributed by atoms with Crippen LogP contribution in [0, 0.1) is 5.92 Å². The number of esters is 1. The summed E-state index contributed by atoms with van der Waals surface area (Å²) in [6.45, 7) is 4.08. The maximum Gasteiger partial charge on any atom is 0.311 e. The van der Waals surface area contributed by atoms with Crippen molar-refractivity contribution >= 4 is 5.97 Å². The zero-order valence-electron chi connectivity index (χ0n) is 15.4. The SMILES string of the molecule is CCCCC=CCCCCCCCCC1CC(C)(OC)OC1=O. The summed E-state index contributed by atoms with van der Waals surface area (Å²) in [4.78, 5) is 11.8. The molecule has 0 saturated carbocycles. The summed E-state index contributed by atoms with van der Waals surface area (Å²) < 4.78 is 10.6. The summed E-state index contributed by atoms with van der Waals surface area (Å²) in [6, 6.07) is 0. The van der Waals surface area contributed by atoms with E-state index >= 15 is 0 Å². The molecule has 0 spiro atoms. The van der Waals surface area contributed by atoms with Crippen LogP contribution in [0.4, 0.5) is 0 Å². The average Bonchev–Trinajstić information content (AvgIpc) is 2.83. The van der Waals surface area contributed by atoms with E-state index in [-0.39, 0.29) is 11.9 Å². The van der Waals surface area contributed by atoms with Gasteiger partial charge in [0.2, 0.25) is 5.79 Å². The van der Waals surface area contributed by atoms with Gasteiger partial charge in [0.1, 0.15) is 0 Å². The molecule has 0 amide bonds. The average molecular weight is 325 g/mol. The van der Waals surface area contributed by atoms with Gasteiger partial charge in [-0.3, -0.25) is 4.79 Å². The number of methoxy groups -OCH3 is 1.